The molecule has 23 heavy (non-hydrogen) atoms. The molecule has 0 saturated heterocycles. The maximum atomic E-state index is 12.1. The summed E-state index contributed by atoms with van der Waals surface area (Å²) in [6, 6.07) is 7.14. The van der Waals surface area contributed by atoms with Crippen molar-refractivity contribution in [1.29, 1.82) is 0 Å². The zero-order valence-corrected chi connectivity index (χ0v) is 14.1. The van der Waals surface area contributed by atoms with E-state index in [9.17, 15) is 4.79 Å². The highest BCUT2D eigenvalue weighted by molar-refractivity contribution is 6.30. The molecule has 2 aromatic rings. The molecule has 0 aliphatic heterocycles. The molecule has 6 nitrogen and oxygen atoms in total. The second kappa shape index (κ2) is 7.89. The lowest BCUT2D eigenvalue weighted by molar-refractivity contribution is 0.0932. The Morgan fingerprint density at radius 1 is 1.26 bits per heavy atom. The largest absolute Gasteiger partial charge is 0.383 e. The molecule has 2 rings (SSSR count). The molecule has 0 fully saturated rings. The summed E-state index contributed by atoms with van der Waals surface area (Å²) < 4.78 is 4.91. The number of anilines is 2. The van der Waals surface area contributed by atoms with Crippen LogP contribution in [0.25, 0.3) is 0 Å². The summed E-state index contributed by atoms with van der Waals surface area (Å²) in [6.07, 6.45) is 0. The van der Waals surface area contributed by atoms with Gasteiger partial charge in [-0.25, -0.2) is 9.97 Å². The number of hydrogen-bond acceptors (Lipinski definition) is 5. The van der Waals surface area contributed by atoms with E-state index >= 15 is 0 Å². The number of amides is 1. The molecule has 0 spiro atoms. The van der Waals surface area contributed by atoms with Crippen molar-refractivity contribution in [3.8, 4) is 0 Å². The minimum atomic E-state index is -0.265. The Balaban J connectivity index is 2.20. The van der Waals surface area contributed by atoms with Crippen molar-refractivity contribution in [2.45, 2.75) is 13.8 Å². The molecule has 0 aliphatic carbocycles. The summed E-state index contributed by atoms with van der Waals surface area (Å²) in [5.41, 5.74) is 2.80. The van der Waals surface area contributed by atoms with Crippen molar-refractivity contribution in [2.75, 3.05) is 25.6 Å². The Kier molecular flexibility index (Phi) is 5.90. The van der Waals surface area contributed by atoms with Gasteiger partial charge in [0.1, 0.15) is 5.69 Å². The van der Waals surface area contributed by atoms with Crippen LogP contribution in [0.15, 0.2) is 24.3 Å². The van der Waals surface area contributed by atoms with Crippen molar-refractivity contribution in [3.05, 3.63) is 46.2 Å². The zero-order valence-electron chi connectivity index (χ0n) is 13.3. The first-order chi connectivity index (χ1) is 11.0. The number of rotatable bonds is 6. The number of aromatic nitrogens is 2. The lowest BCUT2D eigenvalue weighted by Gasteiger charge is -2.11. The number of nitrogens with one attached hydrogen (secondary N) is 2. The van der Waals surface area contributed by atoms with Gasteiger partial charge in [0.2, 0.25) is 5.95 Å². The van der Waals surface area contributed by atoms with Crippen molar-refractivity contribution < 1.29 is 9.53 Å². The summed E-state index contributed by atoms with van der Waals surface area (Å²) in [5.74, 6) is 0.0886. The highest BCUT2D eigenvalue weighted by atomic mass is 35.5. The third-order valence-electron chi connectivity index (χ3n) is 3.12. The van der Waals surface area contributed by atoms with E-state index in [-0.39, 0.29) is 5.91 Å². The van der Waals surface area contributed by atoms with E-state index in [1.807, 2.05) is 26.0 Å². The summed E-state index contributed by atoms with van der Waals surface area (Å²) in [4.78, 5) is 20.7. The molecule has 0 bridgehead atoms. The lowest BCUT2D eigenvalue weighted by Crippen LogP contribution is -2.28. The van der Waals surface area contributed by atoms with Crippen LogP contribution < -0.4 is 10.6 Å². The van der Waals surface area contributed by atoms with E-state index in [0.29, 0.717) is 35.5 Å². The molecular weight excluding hydrogens is 316 g/mol. The van der Waals surface area contributed by atoms with Crippen molar-refractivity contribution in [2.24, 2.45) is 0 Å². The van der Waals surface area contributed by atoms with Gasteiger partial charge in [0, 0.05) is 30.1 Å². The van der Waals surface area contributed by atoms with Crippen LogP contribution in [0.3, 0.4) is 0 Å². The van der Waals surface area contributed by atoms with Gasteiger partial charge >= 0.3 is 0 Å². The van der Waals surface area contributed by atoms with Crippen LogP contribution in [0.4, 0.5) is 11.6 Å². The second-order valence-corrected chi connectivity index (χ2v) is 5.49. The van der Waals surface area contributed by atoms with Gasteiger partial charge in [-0.2, -0.15) is 0 Å². The third kappa shape index (κ3) is 4.91. The number of methoxy groups -OCH3 is 1. The first-order valence-corrected chi connectivity index (χ1v) is 7.53. The van der Waals surface area contributed by atoms with Crippen LogP contribution in [0.2, 0.25) is 5.02 Å². The summed E-state index contributed by atoms with van der Waals surface area (Å²) in [5, 5.41) is 6.45. The Hall–Kier alpha value is -2.18. The molecule has 1 aromatic carbocycles. The molecule has 1 aromatic heterocycles. The first-order valence-electron chi connectivity index (χ1n) is 7.15. The van der Waals surface area contributed by atoms with Gasteiger partial charge in [-0.3, -0.25) is 4.79 Å². The topological polar surface area (TPSA) is 76.1 Å². The molecule has 0 radical (unpaired) electrons. The zero-order chi connectivity index (χ0) is 16.8. The maximum Gasteiger partial charge on any atom is 0.270 e. The van der Waals surface area contributed by atoms with Crippen molar-refractivity contribution in [1.82, 2.24) is 15.3 Å². The van der Waals surface area contributed by atoms with Crippen LogP contribution in [-0.4, -0.2) is 36.1 Å². The molecule has 1 amide bonds. The highest BCUT2D eigenvalue weighted by Crippen LogP contribution is 2.22. The van der Waals surface area contributed by atoms with Crippen LogP contribution in [-0.2, 0) is 4.74 Å². The van der Waals surface area contributed by atoms with Gasteiger partial charge in [-0.05, 0) is 37.6 Å². The Morgan fingerprint density at radius 2 is 2.04 bits per heavy atom. The first kappa shape index (κ1) is 17.2. The normalized spacial score (nSPS) is 10.4. The fourth-order valence-corrected chi connectivity index (χ4v) is 2.12. The van der Waals surface area contributed by atoms with Crippen LogP contribution in [0, 0.1) is 13.8 Å². The van der Waals surface area contributed by atoms with E-state index in [1.165, 1.54) is 0 Å². The van der Waals surface area contributed by atoms with Crippen LogP contribution in [0.1, 0.15) is 21.7 Å². The summed E-state index contributed by atoms with van der Waals surface area (Å²) >= 11 is 6.01. The van der Waals surface area contributed by atoms with E-state index in [0.717, 1.165) is 11.3 Å². The molecular formula is C16H19ClN4O2. The standard InChI is InChI=1S/C16H19ClN4O2/c1-10-4-5-12(17)9-13(10)20-16-19-11(2)8-14(21-16)15(22)18-6-7-23-3/h4-5,8-9H,6-7H2,1-3H3,(H,18,22)(H,19,20,21). The molecule has 7 heteroatoms. The minimum Gasteiger partial charge on any atom is -0.383 e. The number of halogens is 1. The predicted molar refractivity (Wildman–Crippen MR) is 90.4 cm³/mol. The van der Waals surface area contributed by atoms with Crippen LogP contribution >= 0.6 is 11.6 Å². The van der Waals surface area contributed by atoms with Gasteiger partial charge < -0.3 is 15.4 Å². The molecule has 0 aliphatic rings. The number of ether oxygens (including phenoxy) is 1. The third-order valence-corrected chi connectivity index (χ3v) is 3.36. The van der Waals surface area contributed by atoms with Gasteiger partial charge in [-0.15, -0.1) is 0 Å². The highest BCUT2D eigenvalue weighted by Gasteiger charge is 2.11. The van der Waals surface area contributed by atoms with E-state index in [4.69, 9.17) is 16.3 Å². The minimum absolute atomic E-state index is 0.265. The van der Waals surface area contributed by atoms with Gasteiger partial charge in [0.15, 0.2) is 0 Å². The second-order valence-electron chi connectivity index (χ2n) is 5.05. The smallest absolute Gasteiger partial charge is 0.270 e. The van der Waals surface area contributed by atoms with Gasteiger partial charge in [0.05, 0.1) is 6.61 Å². The number of nitrogens with zero attached hydrogens (tertiary/aromatic N) is 2. The quantitative estimate of drug-likeness (QED) is 0.794. The Morgan fingerprint density at radius 3 is 2.78 bits per heavy atom. The summed E-state index contributed by atoms with van der Waals surface area (Å²) in [6.45, 7) is 4.63. The van der Waals surface area contributed by atoms with Crippen LogP contribution in [0.5, 0.6) is 0 Å². The molecule has 1 heterocycles. The fourth-order valence-electron chi connectivity index (χ4n) is 1.95. The fraction of sp³-hybridized carbons (Fsp3) is 0.312. The molecule has 122 valence electrons. The summed E-state index contributed by atoms with van der Waals surface area (Å²) in [7, 11) is 1.58. The average molecular weight is 335 g/mol. The van der Waals surface area contributed by atoms with E-state index in [2.05, 4.69) is 20.6 Å². The molecule has 0 atom stereocenters. The maximum absolute atomic E-state index is 12.1. The van der Waals surface area contributed by atoms with Crippen molar-refractivity contribution >= 4 is 29.1 Å². The predicted octanol–water partition coefficient (Wildman–Crippen LogP) is 2.87. The SMILES string of the molecule is COCCNC(=O)c1cc(C)nc(Nc2cc(Cl)ccc2C)n1. The van der Waals surface area contributed by atoms with E-state index < -0.39 is 0 Å². The van der Waals surface area contributed by atoms with Gasteiger partial charge in [-0.1, -0.05) is 17.7 Å². The average Bonchev–Trinajstić information content (AvgIpc) is 2.50. The molecule has 0 unspecified atom stereocenters. The molecule has 0 saturated carbocycles. The Bertz CT molecular complexity index is 706. The lowest BCUT2D eigenvalue weighted by atomic mass is 10.2. The Labute approximate surface area is 140 Å². The molecule has 2 N–H and O–H groups in total. The van der Waals surface area contributed by atoms with Crippen molar-refractivity contribution in [3.63, 3.8) is 0 Å². The van der Waals surface area contributed by atoms with Gasteiger partial charge in [0.25, 0.3) is 5.91 Å². The van der Waals surface area contributed by atoms with E-state index in [1.54, 1.807) is 19.2 Å². The number of benzene rings is 1. The number of aryl methyl sites for hydroxylation is 2. The number of carbonyl (C=O) groups excluding carboxylic acids is 1. The number of hydrogen-bond donors (Lipinski definition) is 2. The number of carbonyl (C=O) groups is 1. The monoisotopic (exact) mass is 334 g/mol.